The number of carbonyl (C=O) groups is 1. The Kier molecular flexibility index (Phi) is 6.90. The number of ether oxygens (including phenoxy) is 2. The van der Waals surface area contributed by atoms with E-state index in [4.69, 9.17) is 9.47 Å². The summed E-state index contributed by atoms with van der Waals surface area (Å²) in [6.07, 6.45) is 10.7. The molecule has 0 aliphatic heterocycles. The van der Waals surface area contributed by atoms with Gasteiger partial charge in [-0.2, -0.15) is 0 Å². The fraction of sp³-hybridized carbons (Fsp3) is 0.458. The van der Waals surface area contributed by atoms with Gasteiger partial charge in [-0.3, -0.25) is 4.79 Å². The first kappa shape index (κ1) is 22.1. The van der Waals surface area contributed by atoms with E-state index in [9.17, 15) is 4.79 Å². The Balaban J connectivity index is 0.000000393. The van der Waals surface area contributed by atoms with Gasteiger partial charge in [0, 0.05) is 32.7 Å². The van der Waals surface area contributed by atoms with Crippen molar-refractivity contribution in [3.05, 3.63) is 30.6 Å². The number of hydrogen-bond donors (Lipinski definition) is 2. The first-order chi connectivity index (χ1) is 15.6. The van der Waals surface area contributed by atoms with Crippen LogP contribution in [-0.4, -0.2) is 60.1 Å². The van der Waals surface area contributed by atoms with E-state index in [-0.39, 0.29) is 8.96 Å². The van der Waals surface area contributed by atoms with Crippen LogP contribution in [0.15, 0.2) is 30.6 Å². The van der Waals surface area contributed by atoms with Crippen LogP contribution >= 0.6 is 0 Å². The molecule has 0 aromatic carbocycles. The quantitative estimate of drug-likeness (QED) is 0.497. The molecular formula is C24H35N5O3. The lowest BCUT2D eigenvalue weighted by Crippen LogP contribution is -2.24. The predicted octanol–water partition coefficient (Wildman–Crippen LogP) is 4.58. The number of hydrogen-bond acceptors (Lipinski definition) is 6. The maximum Gasteiger partial charge on any atom is 0.224 e. The van der Waals surface area contributed by atoms with Gasteiger partial charge >= 0.3 is 0 Å². The van der Waals surface area contributed by atoms with Gasteiger partial charge in [-0.05, 0) is 70.3 Å². The van der Waals surface area contributed by atoms with Gasteiger partial charge in [-0.1, -0.05) is 0 Å². The molecule has 32 heavy (non-hydrogen) atoms. The van der Waals surface area contributed by atoms with Crippen molar-refractivity contribution in [2.24, 2.45) is 5.92 Å². The lowest BCUT2D eigenvalue weighted by atomic mass is 9.96. The van der Waals surface area contributed by atoms with Gasteiger partial charge in [0.25, 0.3) is 0 Å². The van der Waals surface area contributed by atoms with Crippen LogP contribution in [0, 0.1) is 5.92 Å². The molecule has 2 saturated carbocycles. The van der Waals surface area contributed by atoms with E-state index in [2.05, 4.69) is 39.3 Å². The summed E-state index contributed by atoms with van der Waals surface area (Å²) >= 11 is 0. The van der Waals surface area contributed by atoms with Gasteiger partial charge in [0.2, 0.25) is 12.3 Å². The smallest absolute Gasteiger partial charge is 0.224 e. The zero-order valence-electron chi connectivity index (χ0n) is 18.9. The maximum absolute atomic E-state index is 10.6. The van der Waals surface area contributed by atoms with E-state index >= 15 is 0 Å². The first-order valence-electron chi connectivity index (χ1n) is 11.1. The summed E-state index contributed by atoms with van der Waals surface area (Å²) in [5.41, 5.74) is 2.38. The molecule has 1 amide bonds. The second-order valence-electron chi connectivity index (χ2n) is 8.63. The lowest BCUT2D eigenvalue weighted by Gasteiger charge is -2.27. The summed E-state index contributed by atoms with van der Waals surface area (Å²) in [5.74, 6) is 2.80. The molecular weight excluding hydrogens is 406 g/mol. The number of H-pyrrole nitrogens is 1. The highest BCUT2D eigenvalue weighted by Crippen LogP contribution is 2.42. The van der Waals surface area contributed by atoms with Gasteiger partial charge in [0.05, 0.1) is 18.8 Å². The second-order valence-corrected chi connectivity index (χ2v) is 8.63. The zero-order valence-corrected chi connectivity index (χ0v) is 18.9. The molecule has 0 radical (unpaired) electrons. The zero-order chi connectivity index (χ0) is 22.5. The second kappa shape index (κ2) is 9.99. The van der Waals surface area contributed by atoms with Crippen LogP contribution in [0.2, 0.25) is 0 Å². The van der Waals surface area contributed by atoms with Crippen LogP contribution in [-0.2, 0) is 4.79 Å². The van der Waals surface area contributed by atoms with Gasteiger partial charge in [-0.15, -0.1) is 0 Å². The molecule has 3 aromatic heterocycles. The van der Waals surface area contributed by atoms with E-state index in [1.807, 2.05) is 18.3 Å². The number of rotatable bonds is 8. The number of anilines is 1. The third-order valence-corrected chi connectivity index (χ3v) is 5.75. The largest absolute Gasteiger partial charge is 0.490 e. The average Bonchev–Trinajstić information content (AvgIpc) is 3.46. The monoisotopic (exact) mass is 441 g/mol. The molecule has 8 heteroatoms. The van der Waals surface area contributed by atoms with Gasteiger partial charge in [0.15, 0.2) is 0 Å². The van der Waals surface area contributed by atoms with Crippen molar-refractivity contribution in [3.8, 4) is 22.8 Å². The van der Waals surface area contributed by atoms with Crippen LogP contribution in [0.1, 0.15) is 35.0 Å². The Labute approximate surface area is 191 Å². The molecule has 0 atom stereocenters. The standard InChI is InChI=1S/C18H18N4O3.C6H13N.2H2/c1-24-18-16(14(7-8-19-18)25-11-3-2-4-11)13-9-20-17-12(13)5-6-15(22-17)21-10-23;1-7(2)5-6-3-4-6;;/h5-11H,2-4H2,1H3,(H2,20,21,22,23);6H,3-5H2,1-2H3;2*1H. The van der Waals surface area contributed by atoms with Crippen molar-refractivity contribution in [2.45, 2.75) is 38.2 Å². The fourth-order valence-corrected chi connectivity index (χ4v) is 3.76. The number of aromatic nitrogens is 3. The average molecular weight is 442 g/mol. The molecule has 174 valence electrons. The Morgan fingerprint density at radius 1 is 1.25 bits per heavy atom. The van der Waals surface area contributed by atoms with Crippen molar-refractivity contribution in [1.82, 2.24) is 19.9 Å². The Bertz CT molecular complexity index is 1070. The molecule has 3 heterocycles. The molecule has 0 bridgehead atoms. The predicted molar refractivity (Wildman–Crippen MR) is 129 cm³/mol. The van der Waals surface area contributed by atoms with Crippen molar-refractivity contribution in [1.29, 1.82) is 0 Å². The number of pyridine rings is 2. The molecule has 0 saturated heterocycles. The Hall–Kier alpha value is -3.13. The van der Waals surface area contributed by atoms with E-state index in [0.29, 0.717) is 23.8 Å². The normalized spacial score (nSPS) is 15.6. The van der Waals surface area contributed by atoms with Crippen molar-refractivity contribution in [3.63, 3.8) is 0 Å². The van der Waals surface area contributed by atoms with E-state index in [1.54, 1.807) is 19.4 Å². The number of aromatic amines is 1. The Morgan fingerprint density at radius 3 is 2.66 bits per heavy atom. The number of fused-ring (bicyclic) bond motifs is 1. The highest BCUT2D eigenvalue weighted by Gasteiger charge is 2.24. The minimum Gasteiger partial charge on any atom is -0.490 e. The van der Waals surface area contributed by atoms with Crippen LogP contribution < -0.4 is 14.8 Å². The molecule has 2 aliphatic carbocycles. The summed E-state index contributed by atoms with van der Waals surface area (Å²) < 4.78 is 11.6. The van der Waals surface area contributed by atoms with Crippen molar-refractivity contribution >= 4 is 23.3 Å². The van der Waals surface area contributed by atoms with E-state index in [0.717, 1.165) is 41.0 Å². The van der Waals surface area contributed by atoms with Crippen LogP contribution in [0.5, 0.6) is 11.6 Å². The minimum absolute atomic E-state index is 0. The molecule has 0 unspecified atom stereocenters. The minimum atomic E-state index is 0. The molecule has 2 N–H and O–H groups in total. The van der Waals surface area contributed by atoms with E-state index in [1.165, 1.54) is 25.8 Å². The van der Waals surface area contributed by atoms with Crippen molar-refractivity contribution < 1.29 is 17.1 Å². The number of methoxy groups -OCH3 is 1. The number of carbonyl (C=O) groups excluding carboxylic acids is 1. The third-order valence-electron chi connectivity index (χ3n) is 5.75. The van der Waals surface area contributed by atoms with Gasteiger partial charge in [0.1, 0.15) is 17.2 Å². The van der Waals surface area contributed by atoms with Gasteiger partial charge < -0.3 is 24.7 Å². The number of nitrogens with one attached hydrogen (secondary N) is 2. The summed E-state index contributed by atoms with van der Waals surface area (Å²) in [6.45, 7) is 1.31. The topological polar surface area (TPSA) is 92.4 Å². The molecule has 5 rings (SSSR count). The van der Waals surface area contributed by atoms with E-state index < -0.39 is 0 Å². The SMILES string of the molecule is CN(C)CC1CC1.COc1nccc(OC2CCC2)c1-c1c[nH]c2nc(NC=O)ccc12.[HH].[HH]. The highest BCUT2D eigenvalue weighted by atomic mass is 16.5. The maximum atomic E-state index is 10.6. The van der Waals surface area contributed by atoms with Crippen LogP contribution in [0.25, 0.3) is 22.2 Å². The third kappa shape index (κ3) is 5.19. The number of nitrogens with zero attached hydrogens (tertiary/aromatic N) is 3. The fourth-order valence-electron chi connectivity index (χ4n) is 3.76. The molecule has 2 fully saturated rings. The molecule has 8 nitrogen and oxygen atoms in total. The number of amides is 1. The van der Waals surface area contributed by atoms with Crippen LogP contribution in [0.3, 0.4) is 0 Å². The first-order valence-corrected chi connectivity index (χ1v) is 11.1. The van der Waals surface area contributed by atoms with Crippen LogP contribution in [0.4, 0.5) is 5.82 Å². The molecule has 2 aliphatic rings. The summed E-state index contributed by atoms with van der Waals surface area (Å²) in [6, 6.07) is 5.52. The summed E-state index contributed by atoms with van der Waals surface area (Å²) in [5, 5.41) is 3.45. The van der Waals surface area contributed by atoms with Gasteiger partial charge in [-0.25, -0.2) is 9.97 Å². The highest BCUT2D eigenvalue weighted by molar-refractivity contribution is 5.97. The molecule has 3 aromatic rings. The Morgan fingerprint density at radius 2 is 2.06 bits per heavy atom. The summed E-state index contributed by atoms with van der Waals surface area (Å²) in [4.78, 5) is 24.7. The van der Waals surface area contributed by atoms with Crippen molar-refractivity contribution in [2.75, 3.05) is 33.1 Å². The summed E-state index contributed by atoms with van der Waals surface area (Å²) in [7, 11) is 5.87. The molecule has 0 spiro atoms. The lowest BCUT2D eigenvalue weighted by molar-refractivity contribution is -0.105.